The zero-order chi connectivity index (χ0) is 23.2. The summed E-state index contributed by atoms with van der Waals surface area (Å²) in [6.45, 7) is 4.01. The molecular weight excluding hydrogens is 414 g/mol. The van der Waals surface area contributed by atoms with Crippen molar-refractivity contribution in [2.75, 3.05) is 0 Å². The number of hydrogen-bond donors (Lipinski definition) is 2. The van der Waals surface area contributed by atoms with E-state index in [0.29, 0.717) is 18.8 Å². The monoisotopic (exact) mass is 445 g/mol. The summed E-state index contributed by atoms with van der Waals surface area (Å²) in [5, 5.41) is 6.10. The van der Waals surface area contributed by atoms with E-state index < -0.39 is 17.6 Å². The van der Waals surface area contributed by atoms with Crippen LogP contribution in [-0.4, -0.2) is 34.8 Å². The first-order chi connectivity index (χ1) is 15.9. The van der Waals surface area contributed by atoms with Crippen LogP contribution in [0.15, 0.2) is 48.5 Å². The van der Waals surface area contributed by atoms with Gasteiger partial charge in [0.2, 0.25) is 5.91 Å². The van der Waals surface area contributed by atoms with E-state index in [0.717, 1.165) is 41.5 Å². The average molecular weight is 446 g/mol. The maximum Gasteiger partial charge on any atom is 0.326 e. The maximum absolute atomic E-state index is 13.9. The summed E-state index contributed by atoms with van der Waals surface area (Å²) in [6, 6.07) is 14.2. The molecule has 0 radical (unpaired) electrons. The van der Waals surface area contributed by atoms with Crippen molar-refractivity contribution in [3.63, 3.8) is 0 Å². The third kappa shape index (κ3) is 3.62. The maximum atomic E-state index is 13.9. The fourth-order valence-corrected chi connectivity index (χ4v) is 5.57. The number of amides is 4. The Morgan fingerprint density at radius 3 is 2.61 bits per heavy atom. The molecule has 0 bridgehead atoms. The summed E-state index contributed by atoms with van der Waals surface area (Å²) in [7, 11) is 0. The van der Waals surface area contributed by atoms with Gasteiger partial charge in [-0.25, -0.2) is 9.69 Å². The first kappa shape index (κ1) is 21.7. The number of urea groups is 1. The number of benzene rings is 2. The fourth-order valence-electron chi connectivity index (χ4n) is 5.57. The van der Waals surface area contributed by atoms with Gasteiger partial charge in [0.05, 0.1) is 0 Å². The first-order valence-corrected chi connectivity index (χ1v) is 12.0. The van der Waals surface area contributed by atoms with Gasteiger partial charge in [-0.3, -0.25) is 9.59 Å². The highest BCUT2D eigenvalue weighted by Crippen LogP contribution is 2.42. The molecule has 2 aliphatic carbocycles. The lowest BCUT2D eigenvalue weighted by molar-refractivity contribution is -0.139. The van der Waals surface area contributed by atoms with Crippen LogP contribution < -0.4 is 10.6 Å². The predicted octanol–water partition coefficient (Wildman–Crippen LogP) is 3.60. The van der Waals surface area contributed by atoms with Crippen LogP contribution in [0.4, 0.5) is 4.79 Å². The van der Waals surface area contributed by atoms with Crippen LogP contribution in [0.25, 0.3) is 0 Å². The van der Waals surface area contributed by atoms with Gasteiger partial charge >= 0.3 is 6.03 Å². The van der Waals surface area contributed by atoms with E-state index in [9.17, 15) is 14.4 Å². The van der Waals surface area contributed by atoms with Crippen LogP contribution >= 0.6 is 0 Å². The second-order valence-electron chi connectivity index (χ2n) is 9.80. The lowest BCUT2D eigenvalue weighted by Gasteiger charge is -2.34. The lowest BCUT2D eigenvalue weighted by Crippen LogP contribution is -2.54. The van der Waals surface area contributed by atoms with Crippen molar-refractivity contribution < 1.29 is 14.4 Å². The molecule has 1 aliphatic heterocycles. The zero-order valence-electron chi connectivity index (χ0n) is 19.3. The van der Waals surface area contributed by atoms with Crippen LogP contribution in [0.2, 0.25) is 0 Å². The van der Waals surface area contributed by atoms with Crippen molar-refractivity contribution in [1.82, 2.24) is 15.5 Å². The van der Waals surface area contributed by atoms with Crippen molar-refractivity contribution >= 4 is 17.8 Å². The van der Waals surface area contributed by atoms with Gasteiger partial charge in [-0.05, 0) is 67.7 Å². The van der Waals surface area contributed by atoms with Gasteiger partial charge in [-0.2, -0.15) is 0 Å². The molecule has 5 rings (SSSR count). The standard InChI is InChI=1S/C27H31N3O3/c1-17-8-3-4-10-21(17)16-23(24(31)28-18(2)19-11-7-12-19)30-25(32)27(29-26(30)33)15-14-20-9-5-6-13-22(20)27/h3-6,8-10,13,18-19,23H,7,11-12,14-16H2,1-2H3,(H,28,31)(H,29,33)/t18-,23?,27?/m0/s1. The number of nitrogens with zero attached hydrogens (tertiary/aromatic N) is 1. The Bertz CT molecular complexity index is 1110. The number of fused-ring (bicyclic) bond motifs is 2. The van der Waals surface area contributed by atoms with Crippen LogP contribution in [0, 0.1) is 12.8 Å². The summed E-state index contributed by atoms with van der Waals surface area (Å²) in [5.41, 5.74) is 2.85. The van der Waals surface area contributed by atoms with Crippen molar-refractivity contribution in [1.29, 1.82) is 0 Å². The quantitative estimate of drug-likeness (QED) is 0.667. The van der Waals surface area contributed by atoms with E-state index in [1.165, 1.54) is 11.3 Å². The molecule has 2 fully saturated rings. The minimum absolute atomic E-state index is 0.0209. The number of nitrogens with one attached hydrogen (secondary N) is 2. The molecule has 4 amide bonds. The number of rotatable bonds is 6. The van der Waals surface area contributed by atoms with Crippen molar-refractivity contribution in [3.05, 3.63) is 70.8 Å². The molecule has 2 unspecified atom stereocenters. The molecule has 1 saturated heterocycles. The van der Waals surface area contributed by atoms with E-state index in [-0.39, 0.29) is 17.9 Å². The summed E-state index contributed by atoms with van der Waals surface area (Å²) in [5.74, 6) is -0.115. The molecule has 2 aromatic carbocycles. The van der Waals surface area contributed by atoms with Gasteiger partial charge in [0, 0.05) is 12.5 Å². The molecule has 172 valence electrons. The summed E-state index contributed by atoms with van der Waals surface area (Å²) >= 11 is 0. The lowest BCUT2D eigenvalue weighted by atomic mass is 9.80. The molecule has 3 aliphatic rings. The fraction of sp³-hybridized carbons (Fsp3) is 0.444. The zero-order valence-corrected chi connectivity index (χ0v) is 19.3. The minimum atomic E-state index is -1.07. The smallest absolute Gasteiger partial charge is 0.326 e. The summed E-state index contributed by atoms with van der Waals surface area (Å²) < 4.78 is 0. The SMILES string of the molecule is Cc1ccccc1CC(C(=O)N[C@@H](C)C1CCC1)N1C(=O)NC2(CCc3ccccc32)C1=O. The third-order valence-corrected chi connectivity index (χ3v) is 7.89. The van der Waals surface area contributed by atoms with E-state index in [1.807, 2.05) is 62.4 Å². The number of imide groups is 1. The number of carbonyl (C=O) groups is 3. The molecule has 1 saturated carbocycles. The van der Waals surface area contributed by atoms with Crippen molar-refractivity contribution in [3.8, 4) is 0 Å². The second-order valence-corrected chi connectivity index (χ2v) is 9.80. The van der Waals surface area contributed by atoms with Crippen LogP contribution in [0.3, 0.4) is 0 Å². The molecule has 33 heavy (non-hydrogen) atoms. The Morgan fingerprint density at radius 1 is 1.15 bits per heavy atom. The first-order valence-electron chi connectivity index (χ1n) is 12.0. The average Bonchev–Trinajstić information content (AvgIpc) is 3.24. The highest BCUT2D eigenvalue weighted by Gasteiger charge is 2.57. The highest BCUT2D eigenvalue weighted by atomic mass is 16.2. The Hall–Kier alpha value is -3.15. The molecule has 6 heteroatoms. The Morgan fingerprint density at radius 2 is 1.88 bits per heavy atom. The van der Waals surface area contributed by atoms with E-state index in [4.69, 9.17) is 0 Å². The van der Waals surface area contributed by atoms with E-state index >= 15 is 0 Å². The van der Waals surface area contributed by atoms with Crippen LogP contribution in [0.1, 0.15) is 54.9 Å². The summed E-state index contributed by atoms with van der Waals surface area (Å²) in [6.07, 6.45) is 4.94. The molecule has 2 N–H and O–H groups in total. The normalized spacial score (nSPS) is 23.8. The van der Waals surface area contributed by atoms with E-state index in [2.05, 4.69) is 10.6 Å². The number of hydrogen-bond acceptors (Lipinski definition) is 3. The van der Waals surface area contributed by atoms with Gasteiger partial charge in [0.25, 0.3) is 5.91 Å². The topological polar surface area (TPSA) is 78.5 Å². The molecule has 1 heterocycles. The second kappa shape index (κ2) is 8.32. The van der Waals surface area contributed by atoms with Gasteiger partial charge in [-0.15, -0.1) is 0 Å². The minimum Gasteiger partial charge on any atom is -0.352 e. The highest BCUT2D eigenvalue weighted by molar-refractivity contribution is 6.10. The van der Waals surface area contributed by atoms with Crippen molar-refractivity contribution in [2.24, 2.45) is 5.92 Å². The molecule has 3 atom stereocenters. The largest absolute Gasteiger partial charge is 0.352 e. The van der Waals surface area contributed by atoms with Crippen LogP contribution in [0.5, 0.6) is 0 Å². The Labute approximate surface area is 194 Å². The third-order valence-electron chi connectivity index (χ3n) is 7.89. The van der Waals surface area contributed by atoms with E-state index in [1.54, 1.807) is 0 Å². The molecular formula is C27H31N3O3. The summed E-state index contributed by atoms with van der Waals surface area (Å²) in [4.78, 5) is 41.9. The Kier molecular flexibility index (Phi) is 5.47. The molecule has 1 spiro atoms. The van der Waals surface area contributed by atoms with Crippen molar-refractivity contribution in [2.45, 2.75) is 70.0 Å². The van der Waals surface area contributed by atoms with Gasteiger partial charge in [0.15, 0.2) is 0 Å². The van der Waals surface area contributed by atoms with Gasteiger partial charge in [-0.1, -0.05) is 55.0 Å². The Balaban J connectivity index is 1.48. The number of aryl methyl sites for hydroxylation is 2. The van der Waals surface area contributed by atoms with Gasteiger partial charge < -0.3 is 10.6 Å². The molecule has 6 nitrogen and oxygen atoms in total. The van der Waals surface area contributed by atoms with Crippen LogP contribution in [-0.2, 0) is 28.0 Å². The molecule has 2 aromatic rings. The number of carbonyl (C=O) groups excluding carboxylic acids is 3. The predicted molar refractivity (Wildman–Crippen MR) is 125 cm³/mol. The molecule has 0 aromatic heterocycles. The van der Waals surface area contributed by atoms with Gasteiger partial charge in [0.1, 0.15) is 11.6 Å².